The molecule has 2 aromatic rings. The molecule has 0 aromatic heterocycles. The summed E-state index contributed by atoms with van der Waals surface area (Å²) in [6, 6.07) is 14.7. The molecule has 0 fully saturated rings. The van der Waals surface area contributed by atoms with Gasteiger partial charge in [0.15, 0.2) is 5.17 Å². The third-order valence-corrected chi connectivity index (χ3v) is 5.07. The van der Waals surface area contributed by atoms with Gasteiger partial charge in [0.1, 0.15) is 0 Å². The Morgan fingerprint density at radius 2 is 1.88 bits per heavy atom. The van der Waals surface area contributed by atoms with Gasteiger partial charge >= 0.3 is 0 Å². The molecule has 2 aromatic carbocycles. The van der Waals surface area contributed by atoms with Gasteiger partial charge in [0.2, 0.25) is 0 Å². The molecule has 4 nitrogen and oxygen atoms in total. The van der Waals surface area contributed by atoms with Gasteiger partial charge in [0, 0.05) is 28.2 Å². The average Bonchev–Trinajstić information content (AvgIpc) is 3.20. The van der Waals surface area contributed by atoms with Crippen LogP contribution in [-0.4, -0.2) is 29.1 Å². The van der Waals surface area contributed by atoms with Crippen LogP contribution in [0.4, 0.5) is 5.69 Å². The zero-order valence-electron chi connectivity index (χ0n) is 12.7. The number of carbonyl (C=O) groups excluding carboxylic acids is 1. The lowest BCUT2D eigenvalue weighted by Gasteiger charge is -2.16. The zero-order valence-corrected chi connectivity index (χ0v) is 14.3. The fourth-order valence-corrected chi connectivity index (χ4v) is 3.76. The highest BCUT2D eigenvalue weighted by Crippen LogP contribution is 2.35. The minimum atomic E-state index is -0.149. The maximum absolute atomic E-state index is 12.2. The molecule has 0 bridgehead atoms. The van der Waals surface area contributed by atoms with Gasteiger partial charge in [-0.3, -0.25) is 9.79 Å². The fraction of sp³-hybridized carbons (Fsp3) is 0.111. The van der Waals surface area contributed by atoms with E-state index in [-0.39, 0.29) is 5.91 Å². The van der Waals surface area contributed by atoms with Crippen molar-refractivity contribution >= 4 is 45.8 Å². The number of carbonyl (C=O) groups is 1. The maximum Gasteiger partial charge on any atom is 0.255 e. The van der Waals surface area contributed by atoms with Gasteiger partial charge in [0.05, 0.1) is 12.2 Å². The summed E-state index contributed by atoms with van der Waals surface area (Å²) in [6.45, 7) is 1.79. The van der Waals surface area contributed by atoms with Gasteiger partial charge < -0.3 is 10.2 Å². The molecule has 120 valence electrons. The first-order valence-corrected chi connectivity index (χ1v) is 8.83. The van der Waals surface area contributed by atoms with Crippen LogP contribution in [-0.2, 0) is 0 Å². The molecule has 1 amide bonds. The predicted molar refractivity (Wildman–Crippen MR) is 100 cm³/mol. The normalized spacial score (nSPS) is 15.8. The van der Waals surface area contributed by atoms with Gasteiger partial charge in [-0.25, -0.2) is 0 Å². The molecular formula is C18H14ClN3OS. The number of benzene rings is 2. The first kappa shape index (κ1) is 15.3. The SMILES string of the molecule is O=C(Nc1ccc(C2=CSC3=NCCN23)cc1)c1ccc(Cl)cc1. The number of hydrogen-bond donors (Lipinski definition) is 1. The Morgan fingerprint density at radius 1 is 1.12 bits per heavy atom. The average molecular weight is 356 g/mol. The molecule has 6 heteroatoms. The zero-order chi connectivity index (χ0) is 16.5. The van der Waals surface area contributed by atoms with Crippen LogP contribution in [0.15, 0.2) is 58.9 Å². The van der Waals surface area contributed by atoms with Crippen LogP contribution >= 0.6 is 23.4 Å². The summed E-state index contributed by atoms with van der Waals surface area (Å²) in [6.07, 6.45) is 0. The van der Waals surface area contributed by atoms with E-state index in [4.69, 9.17) is 11.6 Å². The van der Waals surface area contributed by atoms with E-state index < -0.39 is 0 Å². The largest absolute Gasteiger partial charge is 0.322 e. The molecule has 2 aliphatic rings. The molecule has 0 radical (unpaired) electrons. The lowest BCUT2D eigenvalue weighted by Crippen LogP contribution is -2.19. The van der Waals surface area contributed by atoms with Crippen molar-refractivity contribution in [1.29, 1.82) is 0 Å². The summed E-state index contributed by atoms with van der Waals surface area (Å²) in [5, 5.41) is 6.71. The van der Waals surface area contributed by atoms with Crippen LogP contribution in [0, 0.1) is 0 Å². The van der Waals surface area contributed by atoms with Crippen LogP contribution < -0.4 is 5.32 Å². The van der Waals surface area contributed by atoms with E-state index in [9.17, 15) is 4.79 Å². The second-order valence-corrected chi connectivity index (χ2v) is 6.75. The highest BCUT2D eigenvalue weighted by molar-refractivity contribution is 8.16. The maximum atomic E-state index is 12.2. The Hall–Kier alpha value is -2.24. The number of amides is 1. The van der Waals surface area contributed by atoms with Crippen LogP contribution in [0.25, 0.3) is 5.70 Å². The lowest BCUT2D eigenvalue weighted by atomic mass is 10.1. The van der Waals surface area contributed by atoms with Gasteiger partial charge in [0.25, 0.3) is 5.91 Å². The minimum absolute atomic E-state index is 0.149. The summed E-state index contributed by atoms with van der Waals surface area (Å²) < 4.78 is 0. The Kier molecular flexibility index (Phi) is 4.04. The van der Waals surface area contributed by atoms with E-state index in [1.807, 2.05) is 24.3 Å². The van der Waals surface area contributed by atoms with Gasteiger partial charge in [-0.2, -0.15) is 0 Å². The van der Waals surface area contributed by atoms with E-state index in [0.717, 1.165) is 29.5 Å². The number of fused-ring (bicyclic) bond motifs is 1. The minimum Gasteiger partial charge on any atom is -0.322 e. The third-order valence-electron chi connectivity index (χ3n) is 3.91. The number of halogens is 1. The number of amidine groups is 1. The lowest BCUT2D eigenvalue weighted by molar-refractivity contribution is 0.102. The van der Waals surface area contributed by atoms with E-state index in [1.54, 1.807) is 36.0 Å². The second kappa shape index (κ2) is 6.34. The molecule has 4 rings (SSSR count). The van der Waals surface area contributed by atoms with Crippen molar-refractivity contribution in [3.8, 4) is 0 Å². The molecule has 0 spiro atoms. The molecule has 0 saturated heterocycles. The molecule has 0 unspecified atom stereocenters. The Balaban J connectivity index is 1.47. The Labute approximate surface area is 149 Å². The van der Waals surface area contributed by atoms with E-state index >= 15 is 0 Å². The van der Waals surface area contributed by atoms with Crippen molar-refractivity contribution in [2.45, 2.75) is 0 Å². The number of aliphatic imine (C=N–C) groups is 1. The van der Waals surface area contributed by atoms with Crippen molar-refractivity contribution in [2.75, 3.05) is 18.4 Å². The molecule has 0 atom stereocenters. The topological polar surface area (TPSA) is 44.7 Å². The summed E-state index contributed by atoms with van der Waals surface area (Å²) >= 11 is 7.51. The van der Waals surface area contributed by atoms with E-state index in [2.05, 4.69) is 20.6 Å². The van der Waals surface area contributed by atoms with Crippen molar-refractivity contribution < 1.29 is 4.79 Å². The summed E-state index contributed by atoms with van der Waals surface area (Å²) in [7, 11) is 0. The number of rotatable bonds is 3. The highest BCUT2D eigenvalue weighted by Gasteiger charge is 2.26. The number of anilines is 1. The van der Waals surface area contributed by atoms with Crippen LogP contribution in [0.3, 0.4) is 0 Å². The van der Waals surface area contributed by atoms with E-state index in [1.165, 1.54) is 5.70 Å². The Bertz CT molecular complexity index is 844. The predicted octanol–water partition coefficient (Wildman–Crippen LogP) is 4.31. The second-order valence-electron chi connectivity index (χ2n) is 5.48. The van der Waals surface area contributed by atoms with E-state index in [0.29, 0.717) is 10.6 Å². The number of nitrogens with zero attached hydrogens (tertiary/aromatic N) is 2. The highest BCUT2D eigenvalue weighted by atomic mass is 35.5. The summed E-state index contributed by atoms with van der Waals surface area (Å²) in [4.78, 5) is 18.9. The molecule has 2 heterocycles. The van der Waals surface area contributed by atoms with Crippen LogP contribution in [0.5, 0.6) is 0 Å². The van der Waals surface area contributed by atoms with Crippen LogP contribution in [0.1, 0.15) is 15.9 Å². The standard InChI is InChI=1S/C18H14ClN3OS/c19-14-5-1-13(2-6-14)17(23)21-15-7-3-12(4-8-15)16-11-24-18-20-9-10-22(16)18/h1-8,11H,9-10H2,(H,21,23). The molecule has 2 aliphatic heterocycles. The summed E-state index contributed by atoms with van der Waals surface area (Å²) in [5.74, 6) is -0.149. The van der Waals surface area contributed by atoms with Crippen LogP contribution in [0.2, 0.25) is 5.02 Å². The fourth-order valence-electron chi connectivity index (χ4n) is 2.68. The Morgan fingerprint density at radius 3 is 2.62 bits per heavy atom. The molecular weight excluding hydrogens is 342 g/mol. The number of nitrogens with one attached hydrogen (secondary N) is 1. The first-order valence-electron chi connectivity index (χ1n) is 7.57. The smallest absolute Gasteiger partial charge is 0.255 e. The van der Waals surface area contributed by atoms with Crippen molar-refractivity contribution in [3.63, 3.8) is 0 Å². The van der Waals surface area contributed by atoms with Gasteiger partial charge in [-0.1, -0.05) is 35.5 Å². The number of hydrogen-bond acceptors (Lipinski definition) is 4. The molecule has 1 N–H and O–H groups in total. The monoisotopic (exact) mass is 355 g/mol. The van der Waals surface area contributed by atoms with Crippen molar-refractivity contribution in [3.05, 3.63) is 70.1 Å². The molecule has 0 aliphatic carbocycles. The van der Waals surface area contributed by atoms with Gasteiger partial charge in [-0.15, -0.1) is 0 Å². The van der Waals surface area contributed by atoms with Gasteiger partial charge in [-0.05, 0) is 42.0 Å². The van der Waals surface area contributed by atoms with Crippen molar-refractivity contribution in [1.82, 2.24) is 4.90 Å². The molecule has 24 heavy (non-hydrogen) atoms. The third kappa shape index (κ3) is 2.92. The first-order chi connectivity index (χ1) is 11.7. The number of thioether (sulfide) groups is 1. The summed E-state index contributed by atoms with van der Waals surface area (Å²) in [5.41, 5.74) is 3.64. The molecule has 0 saturated carbocycles. The van der Waals surface area contributed by atoms with Crippen molar-refractivity contribution in [2.24, 2.45) is 4.99 Å². The quantitative estimate of drug-likeness (QED) is 0.892.